The summed E-state index contributed by atoms with van der Waals surface area (Å²) in [6, 6.07) is 9.55. The zero-order valence-electron chi connectivity index (χ0n) is 21.3. The lowest BCUT2D eigenvalue weighted by atomic mass is 10.1. The molecule has 1 amide bonds. The van der Waals surface area contributed by atoms with Crippen molar-refractivity contribution in [3.8, 4) is 5.75 Å². The third kappa shape index (κ3) is 8.13. The Morgan fingerprint density at radius 2 is 1.70 bits per heavy atom. The molecule has 2 saturated heterocycles. The maximum atomic E-state index is 13.4. The van der Waals surface area contributed by atoms with E-state index in [1.165, 1.54) is 19.2 Å². The first-order chi connectivity index (χ1) is 18.8. The van der Waals surface area contributed by atoms with Gasteiger partial charge in [0.15, 0.2) is 0 Å². The van der Waals surface area contributed by atoms with Gasteiger partial charge >= 0.3 is 12.1 Å². The van der Waals surface area contributed by atoms with Gasteiger partial charge < -0.3 is 29.7 Å². The van der Waals surface area contributed by atoms with Gasteiger partial charge in [0.2, 0.25) is 0 Å². The van der Waals surface area contributed by atoms with Gasteiger partial charge in [0, 0.05) is 49.9 Å². The maximum Gasteiger partial charge on any atom is 0.490 e. The molecule has 0 saturated carbocycles. The van der Waals surface area contributed by atoms with Crippen molar-refractivity contribution in [1.82, 2.24) is 10.2 Å². The molecule has 0 aliphatic carbocycles. The van der Waals surface area contributed by atoms with E-state index < -0.39 is 22.2 Å². The molecule has 0 spiro atoms. The summed E-state index contributed by atoms with van der Waals surface area (Å²) in [4.78, 5) is 25.7. The van der Waals surface area contributed by atoms with Crippen LogP contribution in [0.25, 0.3) is 0 Å². The van der Waals surface area contributed by atoms with Crippen LogP contribution in [0.2, 0.25) is 5.02 Å². The minimum Gasteiger partial charge on any atom is -0.495 e. The number of carbonyl (C=O) groups excluding carboxylic acids is 1. The predicted molar refractivity (Wildman–Crippen MR) is 141 cm³/mol. The Labute approximate surface area is 233 Å². The van der Waals surface area contributed by atoms with E-state index in [9.17, 15) is 26.4 Å². The van der Waals surface area contributed by atoms with Gasteiger partial charge in [-0.15, -0.1) is 0 Å². The molecular formula is C24H28ClF3N4O7S. The number of anilines is 2. The number of ether oxygens (including phenoxy) is 2. The Kier molecular flexibility index (Phi) is 10.5. The first kappa shape index (κ1) is 31.3. The highest BCUT2D eigenvalue weighted by atomic mass is 35.5. The fourth-order valence-corrected chi connectivity index (χ4v) is 5.44. The van der Waals surface area contributed by atoms with Crippen LogP contribution in [0.3, 0.4) is 0 Å². The van der Waals surface area contributed by atoms with Gasteiger partial charge in [-0.2, -0.15) is 13.2 Å². The summed E-state index contributed by atoms with van der Waals surface area (Å²) in [6.07, 6.45) is -5.08. The Hall–Kier alpha value is -3.27. The molecule has 4 rings (SSSR count). The molecule has 0 radical (unpaired) electrons. The zero-order chi connectivity index (χ0) is 29.5. The highest BCUT2D eigenvalue weighted by Crippen LogP contribution is 2.33. The largest absolute Gasteiger partial charge is 0.495 e. The molecule has 11 nitrogen and oxygen atoms in total. The normalized spacial score (nSPS) is 16.0. The molecule has 2 aromatic rings. The summed E-state index contributed by atoms with van der Waals surface area (Å²) < 4.78 is 71.7. The van der Waals surface area contributed by atoms with Crippen molar-refractivity contribution in [2.24, 2.45) is 0 Å². The number of benzene rings is 2. The summed E-state index contributed by atoms with van der Waals surface area (Å²) in [7, 11) is -2.65. The number of morpholine rings is 1. The lowest BCUT2D eigenvalue weighted by Crippen LogP contribution is -2.44. The Morgan fingerprint density at radius 3 is 2.27 bits per heavy atom. The molecule has 3 N–H and O–H groups in total. The van der Waals surface area contributed by atoms with E-state index in [4.69, 9.17) is 31.0 Å². The number of alkyl halides is 3. The third-order valence-electron chi connectivity index (χ3n) is 5.90. The van der Waals surface area contributed by atoms with E-state index in [0.717, 1.165) is 13.1 Å². The van der Waals surface area contributed by atoms with Gasteiger partial charge in [-0.1, -0.05) is 11.6 Å². The van der Waals surface area contributed by atoms with Crippen LogP contribution in [0, 0.1) is 0 Å². The number of amides is 1. The van der Waals surface area contributed by atoms with Crippen LogP contribution >= 0.6 is 11.6 Å². The molecule has 2 aromatic carbocycles. The molecule has 16 heteroatoms. The number of rotatable bonds is 6. The highest BCUT2D eigenvalue weighted by molar-refractivity contribution is 7.92. The van der Waals surface area contributed by atoms with Crippen LogP contribution in [-0.2, 0) is 19.6 Å². The van der Waals surface area contributed by atoms with Crippen LogP contribution in [-0.4, -0.2) is 96.1 Å². The second-order valence-corrected chi connectivity index (χ2v) is 10.7. The topological polar surface area (TPSA) is 138 Å². The number of carboxylic acids is 1. The summed E-state index contributed by atoms with van der Waals surface area (Å²) in [5, 5.41) is 10.7. The van der Waals surface area contributed by atoms with Crippen LogP contribution in [0.4, 0.5) is 24.5 Å². The van der Waals surface area contributed by atoms with Crippen molar-refractivity contribution in [2.75, 3.05) is 69.2 Å². The lowest BCUT2D eigenvalue weighted by Gasteiger charge is -2.32. The number of aliphatic carboxylic acids is 1. The molecule has 0 atom stereocenters. The van der Waals surface area contributed by atoms with E-state index in [2.05, 4.69) is 14.9 Å². The molecule has 2 aliphatic rings. The maximum absolute atomic E-state index is 13.4. The van der Waals surface area contributed by atoms with Crippen LogP contribution in [0.1, 0.15) is 10.4 Å². The van der Waals surface area contributed by atoms with E-state index in [0.29, 0.717) is 56.3 Å². The van der Waals surface area contributed by atoms with Gasteiger partial charge in [0.1, 0.15) is 10.6 Å². The second kappa shape index (κ2) is 13.4. The van der Waals surface area contributed by atoms with Crippen molar-refractivity contribution in [3.63, 3.8) is 0 Å². The minimum absolute atomic E-state index is 0.0753. The van der Waals surface area contributed by atoms with Gasteiger partial charge in [0.25, 0.3) is 15.9 Å². The molecule has 2 fully saturated rings. The van der Waals surface area contributed by atoms with Crippen LogP contribution in [0.15, 0.2) is 41.3 Å². The van der Waals surface area contributed by atoms with Crippen molar-refractivity contribution in [3.05, 3.63) is 47.0 Å². The van der Waals surface area contributed by atoms with Gasteiger partial charge in [-0.3, -0.25) is 9.52 Å². The van der Waals surface area contributed by atoms with Crippen LogP contribution < -0.4 is 19.7 Å². The summed E-state index contributed by atoms with van der Waals surface area (Å²) in [5.41, 5.74) is 1.45. The van der Waals surface area contributed by atoms with Crippen LogP contribution in [0.5, 0.6) is 5.75 Å². The first-order valence-corrected chi connectivity index (χ1v) is 13.8. The molecule has 0 unspecified atom stereocenters. The van der Waals surface area contributed by atoms with E-state index in [1.807, 2.05) is 0 Å². The lowest BCUT2D eigenvalue weighted by molar-refractivity contribution is -0.192. The van der Waals surface area contributed by atoms with Crippen molar-refractivity contribution in [2.45, 2.75) is 11.1 Å². The molecule has 0 aromatic heterocycles. The molecule has 0 bridgehead atoms. The Morgan fingerprint density at radius 1 is 1.07 bits per heavy atom. The third-order valence-corrected chi connectivity index (χ3v) is 7.52. The average molecular weight is 609 g/mol. The molecule has 220 valence electrons. The average Bonchev–Trinajstić information content (AvgIpc) is 2.93. The highest BCUT2D eigenvalue weighted by Gasteiger charge is 2.38. The Balaban J connectivity index is 0.000000559. The minimum atomic E-state index is -5.08. The number of hydrogen-bond acceptors (Lipinski definition) is 8. The van der Waals surface area contributed by atoms with Gasteiger partial charge in [-0.25, -0.2) is 13.2 Å². The number of hydrogen-bond donors (Lipinski definition) is 3. The molecule has 2 aliphatic heterocycles. The zero-order valence-corrected chi connectivity index (χ0v) is 22.9. The molecule has 2 heterocycles. The van der Waals surface area contributed by atoms with E-state index in [-0.39, 0.29) is 21.6 Å². The van der Waals surface area contributed by atoms with Gasteiger partial charge in [0.05, 0.1) is 31.7 Å². The summed E-state index contributed by atoms with van der Waals surface area (Å²) in [6.45, 7) is 4.96. The number of carboxylic acid groups (broad SMARTS) is 1. The monoisotopic (exact) mass is 608 g/mol. The fourth-order valence-electron chi connectivity index (χ4n) is 3.94. The molecule has 40 heavy (non-hydrogen) atoms. The van der Waals surface area contributed by atoms with E-state index >= 15 is 0 Å². The van der Waals surface area contributed by atoms with Crippen molar-refractivity contribution >= 4 is 44.9 Å². The fraction of sp³-hybridized carbons (Fsp3) is 0.417. The first-order valence-electron chi connectivity index (χ1n) is 12.0. The summed E-state index contributed by atoms with van der Waals surface area (Å²) >= 11 is 6.07. The van der Waals surface area contributed by atoms with Gasteiger partial charge in [-0.05, 0) is 36.4 Å². The number of nitrogens with zero attached hydrogens (tertiary/aromatic N) is 2. The standard InChI is InChI=1S/C22H27ClN4O5S.C2HF3O2/c1-31-20-5-3-17(23)15-21(20)33(29,30)25-18-14-16(22(28)27-10-12-32-13-11-27)2-4-19(18)26-8-6-24-7-9-26;3-2(4,5)1(6)7/h2-5,14-15,24-25H,6-13H2,1H3;(H,6,7). The number of nitrogens with one attached hydrogen (secondary N) is 2. The Bertz CT molecular complexity index is 1320. The van der Waals surface area contributed by atoms with Crippen molar-refractivity contribution < 1.29 is 45.8 Å². The number of carbonyl (C=O) groups is 2. The molecular weight excluding hydrogens is 581 g/mol. The number of sulfonamides is 1. The van der Waals surface area contributed by atoms with E-state index in [1.54, 1.807) is 29.2 Å². The quantitative estimate of drug-likeness (QED) is 0.452. The smallest absolute Gasteiger partial charge is 0.490 e. The SMILES string of the molecule is COc1ccc(Cl)cc1S(=O)(=O)Nc1cc(C(=O)N2CCOCC2)ccc1N1CCNCC1.O=C(O)C(F)(F)F. The summed E-state index contributed by atoms with van der Waals surface area (Å²) in [5.74, 6) is -2.74. The van der Waals surface area contributed by atoms with Crippen molar-refractivity contribution in [1.29, 1.82) is 0 Å². The predicted octanol–water partition coefficient (Wildman–Crippen LogP) is 2.66. The number of halogens is 4. The number of piperazine rings is 1. The number of methoxy groups -OCH3 is 1. The second-order valence-electron chi connectivity index (χ2n) is 8.58.